The van der Waals surface area contributed by atoms with Crippen LogP contribution >= 0.6 is 0 Å². The van der Waals surface area contributed by atoms with E-state index in [1.807, 2.05) is 18.2 Å². The number of tetrazole rings is 1. The predicted octanol–water partition coefficient (Wildman–Crippen LogP) is 1.26. The van der Waals surface area contributed by atoms with E-state index in [2.05, 4.69) is 20.8 Å². The van der Waals surface area contributed by atoms with Gasteiger partial charge in [-0.2, -0.15) is 0 Å². The minimum absolute atomic E-state index is 0.428. The highest BCUT2D eigenvalue weighted by Crippen LogP contribution is 2.24. The average molecular weight is 275 g/mol. The van der Waals surface area contributed by atoms with E-state index >= 15 is 0 Å². The lowest BCUT2D eigenvalue weighted by Crippen LogP contribution is -2.27. The first kappa shape index (κ1) is 12.9. The number of benzene rings is 1. The van der Waals surface area contributed by atoms with Crippen molar-refractivity contribution in [2.75, 3.05) is 25.6 Å². The van der Waals surface area contributed by atoms with Crippen LogP contribution in [0.4, 0.5) is 5.69 Å². The zero-order valence-corrected chi connectivity index (χ0v) is 11.3. The highest BCUT2D eigenvalue weighted by atomic mass is 16.5. The van der Waals surface area contributed by atoms with Crippen molar-refractivity contribution in [1.82, 2.24) is 20.2 Å². The monoisotopic (exact) mass is 275 g/mol. The Balaban J connectivity index is 1.84. The van der Waals surface area contributed by atoms with Gasteiger partial charge in [0.15, 0.2) is 0 Å². The van der Waals surface area contributed by atoms with Crippen LogP contribution in [0.15, 0.2) is 24.5 Å². The molecule has 7 heteroatoms. The second-order valence-electron chi connectivity index (χ2n) is 4.71. The molecule has 1 saturated heterocycles. The van der Waals surface area contributed by atoms with Gasteiger partial charge in [0.2, 0.25) is 0 Å². The normalized spacial score (nSPS) is 16.1. The Morgan fingerprint density at radius 1 is 1.30 bits per heavy atom. The van der Waals surface area contributed by atoms with Crippen molar-refractivity contribution in [2.45, 2.75) is 18.9 Å². The molecular weight excluding hydrogens is 258 g/mol. The minimum atomic E-state index is 0.428. The summed E-state index contributed by atoms with van der Waals surface area (Å²) < 4.78 is 12.3. The highest BCUT2D eigenvalue weighted by molar-refractivity contribution is 5.56. The minimum Gasteiger partial charge on any atom is -0.497 e. The third-order valence-electron chi connectivity index (χ3n) is 3.33. The van der Waals surface area contributed by atoms with Crippen LogP contribution in [0, 0.1) is 0 Å². The fraction of sp³-hybridized carbons (Fsp3) is 0.462. The zero-order chi connectivity index (χ0) is 13.8. The van der Waals surface area contributed by atoms with Crippen molar-refractivity contribution in [2.24, 2.45) is 0 Å². The van der Waals surface area contributed by atoms with Crippen molar-refractivity contribution >= 4 is 5.69 Å². The van der Waals surface area contributed by atoms with Gasteiger partial charge in [-0.05, 0) is 29.3 Å². The Morgan fingerprint density at radius 3 is 2.85 bits per heavy atom. The van der Waals surface area contributed by atoms with E-state index in [4.69, 9.17) is 9.47 Å². The SMILES string of the molecule is COc1cc(NC2CCOCC2)cc(-n2cnnn2)c1. The highest BCUT2D eigenvalue weighted by Gasteiger charge is 2.14. The van der Waals surface area contributed by atoms with Gasteiger partial charge in [-0.3, -0.25) is 0 Å². The van der Waals surface area contributed by atoms with Gasteiger partial charge in [0.1, 0.15) is 12.1 Å². The van der Waals surface area contributed by atoms with Crippen LogP contribution in [0.25, 0.3) is 5.69 Å². The molecule has 0 atom stereocenters. The maximum Gasteiger partial charge on any atom is 0.143 e. The number of nitrogens with zero attached hydrogens (tertiary/aromatic N) is 4. The van der Waals surface area contributed by atoms with E-state index in [0.29, 0.717) is 6.04 Å². The third kappa shape index (κ3) is 2.88. The Hall–Kier alpha value is -2.15. The van der Waals surface area contributed by atoms with Crippen LogP contribution in [0.3, 0.4) is 0 Å². The smallest absolute Gasteiger partial charge is 0.143 e. The number of nitrogens with one attached hydrogen (secondary N) is 1. The van der Waals surface area contributed by atoms with E-state index in [1.165, 1.54) is 0 Å². The maximum absolute atomic E-state index is 5.37. The molecule has 3 rings (SSSR count). The number of rotatable bonds is 4. The molecule has 2 aromatic rings. The Labute approximate surface area is 116 Å². The number of aromatic nitrogens is 4. The number of hydrogen-bond donors (Lipinski definition) is 1. The van der Waals surface area contributed by atoms with Crippen LogP contribution in [-0.4, -0.2) is 46.6 Å². The number of hydrogen-bond acceptors (Lipinski definition) is 6. The first-order valence-corrected chi connectivity index (χ1v) is 6.62. The summed E-state index contributed by atoms with van der Waals surface area (Å²) in [6.07, 6.45) is 3.59. The lowest BCUT2D eigenvalue weighted by molar-refractivity contribution is 0.0904. The summed E-state index contributed by atoms with van der Waals surface area (Å²) in [4.78, 5) is 0. The molecule has 0 saturated carbocycles. The predicted molar refractivity (Wildman–Crippen MR) is 73.2 cm³/mol. The first-order valence-electron chi connectivity index (χ1n) is 6.62. The summed E-state index contributed by atoms with van der Waals surface area (Å²) in [5.41, 5.74) is 1.87. The zero-order valence-electron chi connectivity index (χ0n) is 11.3. The van der Waals surface area contributed by atoms with Gasteiger partial charge in [0.05, 0.1) is 12.8 Å². The van der Waals surface area contributed by atoms with Gasteiger partial charge in [0, 0.05) is 37.1 Å². The van der Waals surface area contributed by atoms with E-state index in [-0.39, 0.29) is 0 Å². The summed E-state index contributed by atoms with van der Waals surface area (Å²) >= 11 is 0. The summed E-state index contributed by atoms with van der Waals surface area (Å²) in [6.45, 7) is 1.61. The largest absolute Gasteiger partial charge is 0.497 e. The van der Waals surface area contributed by atoms with E-state index < -0.39 is 0 Å². The van der Waals surface area contributed by atoms with Crippen molar-refractivity contribution in [3.63, 3.8) is 0 Å². The van der Waals surface area contributed by atoms with Gasteiger partial charge in [-0.1, -0.05) is 0 Å². The second-order valence-corrected chi connectivity index (χ2v) is 4.71. The van der Waals surface area contributed by atoms with E-state index in [1.54, 1.807) is 18.1 Å². The molecule has 20 heavy (non-hydrogen) atoms. The van der Waals surface area contributed by atoms with Crippen molar-refractivity contribution < 1.29 is 9.47 Å². The topological polar surface area (TPSA) is 74.1 Å². The van der Waals surface area contributed by atoms with Crippen LogP contribution < -0.4 is 10.1 Å². The Kier molecular flexibility index (Phi) is 3.78. The Bertz CT molecular complexity index is 552. The van der Waals surface area contributed by atoms with Gasteiger partial charge in [-0.25, -0.2) is 4.68 Å². The average Bonchev–Trinajstić information content (AvgIpc) is 3.02. The maximum atomic E-state index is 5.37. The summed E-state index contributed by atoms with van der Waals surface area (Å²) in [5, 5.41) is 14.7. The standard InChI is InChI=1S/C13H17N5O2/c1-19-13-7-11(15-10-2-4-20-5-3-10)6-12(8-13)18-9-14-16-17-18/h6-10,15H,2-5H2,1H3. The third-order valence-corrected chi connectivity index (χ3v) is 3.33. The van der Waals surface area contributed by atoms with Crippen LogP contribution in [0.1, 0.15) is 12.8 Å². The van der Waals surface area contributed by atoms with Gasteiger partial charge >= 0.3 is 0 Å². The molecule has 0 unspecified atom stereocenters. The fourth-order valence-electron chi connectivity index (χ4n) is 2.27. The van der Waals surface area contributed by atoms with E-state index in [9.17, 15) is 0 Å². The molecule has 0 radical (unpaired) electrons. The van der Waals surface area contributed by atoms with Crippen LogP contribution in [0.2, 0.25) is 0 Å². The van der Waals surface area contributed by atoms with Crippen molar-refractivity contribution in [1.29, 1.82) is 0 Å². The van der Waals surface area contributed by atoms with Crippen molar-refractivity contribution in [3.05, 3.63) is 24.5 Å². The molecule has 0 amide bonds. The Morgan fingerprint density at radius 2 is 2.15 bits per heavy atom. The molecular formula is C13H17N5O2. The molecule has 1 N–H and O–H groups in total. The van der Waals surface area contributed by atoms with Gasteiger partial charge in [0.25, 0.3) is 0 Å². The molecule has 0 aliphatic carbocycles. The summed E-state index contributed by atoms with van der Waals surface area (Å²) in [6, 6.07) is 6.31. The molecule has 1 aliphatic heterocycles. The summed E-state index contributed by atoms with van der Waals surface area (Å²) in [5.74, 6) is 0.771. The molecule has 7 nitrogen and oxygen atoms in total. The van der Waals surface area contributed by atoms with E-state index in [0.717, 1.165) is 43.2 Å². The lowest BCUT2D eigenvalue weighted by atomic mass is 10.1. The van der Waals surface area contributed by atoms with Crippen molar-refractivity contribution in [3.8, 4) is 11.4 Å². The number of anilines is 1. The summed E-state index contributed by atoms with van der Waals surface area (Å²) in [7, 11) is 1.65. The molecule has 1 aromatic heterocycles. The quantitative estimate of drug-likeness (QED) is 0.905. The molecule has 1 aliphatic rings. The molecule has 0 spiro atoms. The second kappa shape index (κ2) is 5.87. The van der Waals surface area contributed by atoms with Crippen LogP contribution in [0.5, 0.6) is 5.75 Å². The fourth-order valence-corrected chi connectivity index (χ4v) is 2.27. The molecule has 0 bridgehead atoms. The molecule has 106 valence electrons. The first-order chi connectivity index (χ1) is 9.85. The van der Waals surface area contributed by atoms with Crippen LogP contribution in [-0.2, 0) is 4.74 Å². The molecule has 2 heterocycles. The number of ether oxygens (including phenoxy) is 2. The lowest BCUT2D eigenvalue weighted by Gasteiger charge is -2.24. The number of methoxy groups -OCH3 is 1. The molecule has 1 aromatic carbocycles. The molecule has 1 fully saturated rings. The van der Waals surface area contributed by atoms with Gasteiger partial charge < -0.3 is 14.8 Å². The van der Waals surface area contributed by atoms with Gasteiger partial charge in [-0.15, -0.1) is 5.10 Å².